The van der Waals surface area contributed by atoms with Crippen LogP contribution >= 0.6 is 15.9 Å². The Hall–Kier alpha value is -1.13. The van der Waals surface area contributed by atoms with E-state index in [1.54, 1.807) is 6.92 Å². The van der Waals surface area contributed by atoms with Crippen molar-refractivity contribution in [2.45, 2.75) is 42.2 Å². The van der Waals surface area contributed by atoms with E-state index in [1.165, 1.54) is 6.07 Å². The summed E-state index contributed by atoms with van der Waals surface area (Å²) in [5.74, 6) is -2.28. The van der Waals surface area contributed by atoms with Gasteiger partial charge < -0.3 is 9.84 Å². The van der Waals surface area contributed by atoms with Crippen LogP contribution < -0.4 is 0 Å². The molecule has 140 valence electrons. The maximum Gasteiger partial charge on any atom is 0.417 e. The van der Waals surface area contributed by atoms with Crippen LogP contribution in [0.5, 0.6) is 0 Å². The van der Waals surface area contributed by atoms with Crippen molar-refractivity contribution in [2.75, 3.05) is 6.61 Å². The second-order valence-corrected chi connectivity index (χ2v) is 8.83. The number of carboxylic acids is 1. The lowest BCUT2D eigenvalue weighted by Crippen LogP contribution is -2.25. The van der Waals surface area contributed by atoms with Gasteiger partial charge in [-0.1, -0.05) is 15.9 Å². The van der Waals surface area contributed by atoms with Crippen LogP contribution in [0.25, 0.3) is 0 Å². The maximum atomic E-state index is 13.2. The first-order valence-electron chi connectivity index (χ1n) is 7.43. The summed E-state index contributed by atoms with van der Waals surface area (Å²) in [5, 5.41) is 7.98. The molecule has 1 aliphatic rings. The molecule has 3 atom stereocenters. The van der Waals surface area contributed by atoms with Crippen molar-refractivity contribution in [3.8, 4) is 0 Å². The molecule has 0 aromatic heterocycles. The summed E-state index contributed by atoms with van der Waals surface area (Å²) in [7, 11) is -4.37. The topological polar surface area (TPSA) is 80.7 Å². The third-order valence-electron chi connectivity index (χ3n) is 4.15. The van der Waals surface area contributed by atoms with Crippen molar-refractivity contribution in [1.82, 2.24) is 0 Å². The van der Waals surface area contributed by atoms with Gasteiger partial charge in [-0.2, -0.15) is 13.2 Å². The van der Waals surface area contributed by atoms with Crippen molar-refractivity contribution < 1.29 is 36.2 Å². The van der Waals surface area contributed by atoms with Gasteiger partial charge in [0.25, 0.3) is 0 Å². The number of halogens is 4. The van der Waals surface area contributed by atoms with Crippen LogP contribution in [0.1, 0.15) is 25.3 Å². The highest BCUT2D eigenvalue weighted by Gasteiger charge is 2.47. The van der Waals surface area contributed by atoms with Crippen LogP contribution in [0.2, 0.25) is 0 Å². The van der Waals surface area contributed by atoms with Gasteiger partial charge >= 0.3 is 12.1 Å². The zero-order chi connectivity index (χ0) is 19.0. The van der Waals surface area contributed by atoms with E-state index in [1.807, 2.05) is 0 Å². The van der Waals surface area contributed by atoms with Gasteiger partial charge in [0.1, 0.15) is 0 Å². The number of ether oxygens (including phenoxy) is 1. The van der Waals surface area contributed by atoms with E-state index in [9.17, 15) is 31.5 Å². The lowest BCUT2D eigenvalue weighted by atomic mass is 10.1. The number of carbonyl (C=O) groups is 1. The Morgan fingerprint density at radius 1 is 1.36 bits per heavy atom. The molecular weight excluding hydrogens is 429 g/mol. The fourth-order valence-electron chi connectivity index (χ4n) is 3.02. The molecule has 0 unspecified atom stereocenters. The van der Waals surface area contributed by atoms with E-state index in [0.717, 1.165) is 6.07 Å². The van der Waals surface area contributed by atoms with Crippen LogP contribution in [-0.2, 0) is 25.5 Å². The molecule has 1 aromatic rings. The predicted octanol–water partition coefficient (Wildman–Crippen LogP) is 3.51. The Kier molecular flexibility index (Phi) is 5.85. The molecule has 1 aliphatic carbocycles. The number of benzene rings is 1. The third kappa shape index (κ3) is 4.17. The molecule has 0 heterocycles. The van der Waals surface area contributed by atoms with E-state index in [4.69, 9.17) is 4.74 Å². The fraction of sp³-hybridized carbons (Fsp3) is 0.533. The van der Waals surface area contributed by atoms with Crippen molar-refractivity contribution in [3.63, 3.8) is 0 Å². The number of hydrogen-bond donors (Lipinski definition) is 1. The fourth-order valence-corrected chi connectivity index (χ4v) is 5.38. The largest absolute Gasteiger partial charge is 0.481 e. The minimum absolute atomic E-state index is 0.0980. The highest BCUT2D eigenvalue weighted by molar-refractivity contribution is 9.10. The summed E-state index contributed by atoms with van der Waals surface area (Å²) in [4.78, 5) is 10.5. The molecule has 0 aliphatic heterocycles. The number of aliphatic carboxylic acids is 1. The van der Waals surface area contributed by atoms with Gasteiger partial charge in [0.15, 0.2) is 9.84 Å². The van der Waals surface area contributed by atoms with Crippen LogP contribution in [0.3, 0.4) is 0 Å². The van der Waals surface area contributed by atoms with Crippen LogP contribution in [0, 0.1) is 5.92 Å². The lowest BCUT2D eigenvalue weighted by molar-refractivity contribution is -0.146. The first-order chi connectivity index (χ1) is 11.5. The second kappa shape index (κ2) is 7.24. The monoisotopic (exact) mass is 444 g/mol. The van der Waals surface area contributed by atoms with Crippen LogP contribution in [0.15, 0.2) is 27.6 Å². The Balaban J connectivity index is 2.45. The molecular formula is C15H16BrF3O5S. The molecule has 1 N–H and O–H groups in total. The summed E-state index contributed by atoms with van der Waals surface area (Å²) in [6.07, 6.45) is -6.13. The molecule has 0 amide bonds. The quantitative estimate of drug-likeness (QED) is 0.751. The Bertz CT molecular complexity index is 763. The normalized spacial score (nSPS) is 24.4. The Labute approximate surface area is 151 Å². The van der Waals surface area contributed by atoms with Crippen molar-refractivity contribution in [2.24, 2.45) is 5.92 Å². The van der Waals surface area contributed by atoms with Gasteiger partial charge in [-0.25, -0.2) is 8.42 Å². The first-order valence-corrected chi connectivity index (χ1v) is 9.77. The average Bonchev–Trinajstić information content (AvgIpc) is 2.91. The summed E-state index contributed by atoms with van der Waals surface area (Å²) in [6.45, 7) is 1.82. The second-order valence-electron chi connectivity index (χ2n) is 5.72. The number of hydrogen-bond acceptors (Lipinski definition) is 4. The average molecular weight is 445 g/mol. The molecule has 0 bridgehead atoms. The molecule has 10 heteroatoms. The van der Waals surface area contributed by atoms with Gasteiger partial charge in [-0.05, 0) is 38.0 Å². The van der Waals surface area contributed by atoms with Crippen molar-refractivity contribution >= 4 is 31.7 Å². The molecule has 0 radical (unpaired) electrons. The summed E-state index contributed by atoms with van der Waals surface area (Å²) >= 11 is 2.91. The van der Waals surface area contributed by atoms with Gasteiger partial charge in [0, 0.05) is 11.1 Å². The highest BCUT2D eigenvalue weighted by Crippen LogP contribution is 2.41. The van der Waals surface area contributed by atoms with E-state index in [0.29, 0.717) is 6.07 Å². The maximum absolute atomic E-state index is 13.2. The lowest BCUT2D eigenvalue weighted by Gasteiger charge is -2.17. The SMILES string of the molecule is CCO[C@H]1C[C@H](S(=O)(=O)c2ccc(Br)cc2C(F)(F)F)C[C@@H]1C(=O)O. The molecule has 5 nitrogen and oxygen atoms in total. The molecule has 1 fully saturated rings. The molecule has 2 rings (SSSR count). The van der Waals surface area contributed by atoms with Gasteiger partial charge in [0.2, 0.25) is 0 Å². The van der Waals surface area contributed by atoms with Crippen molar-refractivity contribution in [3.05, 3.63) is 28.2 Å². The highest BCUT2D eigenvalue weighted by atomic mass is 79.9. The molecule has 0 saturated heterocycles. The summed E-state index contributed by atoms with van der Waals surface area (Å²) < 4.78 is 70.6. The van der Waals surface area contributed by atoms with Crippen LogP contribution in [-0.4, -0.2) is 37.5 Å². The number of alkyl halides is 3. The van der Waals surface area contributed by atoms with Gasteiger partial charge in [0.05, 0.1) is 27.7 Å². The van der Waals surface area contributed by atoms with Crippen LogP contribution in [0.4, 0.5) is 13.2 Å². The number of sulfone groups is 1. The number of rotatable bonds is 5. The van der Waals surface area contributed by atoms with Crippen molar-refractivity contribution in [1.29, 1.82) is 0 Å². The van der Waals surface area contributed by atoms with Gasteiger partial charge in [-0.15, -0.1) is 0 Å². The smallest absolute Gasteiger partial charge is 0.417 e. The standard InChI is InChI=1S/C15H16BrF3O5S/c1-2-24-12-7-9(6-10(12)14(20)21)25(22,23)13-4-3-8(16)5-11(13)15(17,18)19/h3-5,9-10,12H,2,6-7H2,1H3,(H,20,21)/t9-,10+,12+/m1/s1. The Morgan fingerprint density at radius 2 is 2.00 bits per heavy atom. The Morgan fingerprint density at radius 3 is 2.52 bits per heavy atom. The van der Waals surface area contributed by atoms with E-state index < -0.39 is 49.7 Å². The van der Waals surface area contributed by atoms with E-state index in [2.05, 4.69) is 15.9 Å². The molecule has 25 heavy (non-hydrogen) atoms. The molecule has 1 aromatic carbocycles. The van der Waals surface area contributed by atoms with E-state index in [-0.39, 0.29) is 23.9 Å². The van der Waals surface area contributed by atoms with Gasteiger partial charge in [-0.3, -0.25) is 4.79 Å². The first kappa shape index (κ1) is 20.2. The third-order valence-corrected chi connectivity index (χ3v) is 6.88. The molecule has 1 saturated carbocycles. The molecule has 0 spiro atoms. The summed E-state index contributed by atoms with van der Waals surface area (Å²) in [5.41, 5.74) is -1.27. The number of carboxylic acid groups (broad SMARTS) is 1. The zero-order valence-corrected chi connectivity index (χ0v) is 15.5. The minimum atomic E-state index is -4.85. The summed E-state index contributed by atoms with van der Waals surface area (Å²) in [6, 6.07) is 2.81. The minimum Gasteiger partial charge on any atom is -0.481 e. The zero-order valence-electron chi connectivity index (χ0n) is 13.1. The van der Waals surface area contributed by atoms with E-state index >= 15 is 0 Å². The predicted molar refractivity (Wildman–Crippen MR) is 85.9 cm³/mol.